The number of nitrogens with zero attached hydrogens (tertiary/aromatic N) is 2. The Balaban J connectivity index is 1.55. The number of hydrogen-bond donors (Lipinski definition) is 2. The van der Waals surface area contributed by atoms with Gasteiger partial charge in [-0.2, -0.15) is 0 Å². The molecule has 0 unspecified atom stereocenters. The number of carbonyl (C=O) groups is 1. The molecule has 1 aliphatic heterocycles. The highest BCUT2D eigenvalue weighted by Gasteiger charge is 2.37. The second-order valence-electron chi connectivity index (χ2n) is 7.91. The van der Waals surface area contributed by atoms with Gasteiger partial charge in [0.2, 0.25) is 0 Å². The second-order valence-corrected chi connectivity index (χ2v) is 9.54. The van der Waals surface area contributed by atoms with E-state index in [1.807, 2.05) is 6.92 Å². The van der Waals surface area contributed by atoms with Gasteiger partial charge in [-0.1, -0.05) is 25.0 Å². The minimum atomic E-state index is -3.61. The van der Waals surface area contributed by atoms with Crippen molar-refractivity contribution in [2.75, 3.05) is 6.61 Å². The van der Waals surface area contributed by atoms with E-state index in [4.69, 9.17) is 10.5 Å². The molecule has 1 saturated carbocycles. The van der Waals surface area contributed by atoms with E-state index in [1.165, 1.54) is 0 Å². The van der Waals surface area contributed by atoms with E-state index in [-0.39, 0.29) is 24.1 Å². The number of aromatic nitrogens is 1. The first kappa shape index (κ1) is 20.3. The molecule has 9 heteroatoms. The molecule has 3 N–H and O–H groups in total. The van der Waals surface area contributed by atoms with E-state index < -0.39 is 15.6 Å². The topological polar surface area (TPSA) is 124 Å². The van der Waals surface area contributed by atoms with E-state index in [2.05, 4.69) is 14.7 Å². The Bertz CT molecular complexity index is 1120. The first-order valence-corrected chi connectivity index (χ1v) is 11.5. The Morgan fingerprint density at radius 1 is 1.27 bits per heavy atom. The van der Waals surface area contributed by atoms with Gasteiger partial charge >= 0.3 is 0 Å². The molecule has 2 heterocycles. The zero-order valence-corrected chi connectivity index (χ0v) is 17.5. The van der Waals surface area contributed by atoms with Crippen molar-refractivity contribution in [2.45, 2.75) is 43.9 Å². The van der Waals surface area contributed by atoms with Gasteiger partial charge in [0.15, 0.2) is 0 Å². The van der Waals surface area contributed by atoms with Crippen LogP contribution in [0.15, 0.2) is 40.9 Å². The van der Waals surface area contributed by atoms with Crippen LogP contribution in [0, 0.1) is 6.92 Å². The van der Waals surface area contributed by atoms with E-state index in [9.17, 15) is 13.2 Å². The van der Waals surface area contributed by atoms with Crippen molar-refractivity contribution in [3.8, 4) is 5.75 Å². The molecule has 4 rings (SSSR count). The van der Waals surface area contributed by atoms with E-state index >= 15 is 0 Å². The summed E-state index contributed by atoms with van der Waals surface area (Å²) in [7, 11) is -3.61. The van der Waals surface area contributed by atoms with Crippen molar-refractivity contribution in [1.82, 2.24) is 10.3 Å². The third kappa shape index (κ3) is 4.16. The lowest BCUT2D eigenvalue weighted by atomic mass is 9.97. The van der Waals surface area contributed by atoms with Crippen LogP contribution in [0.3, 0.4) is 0 Å². The van der Waals surface area contributed by atoms with Gasteiger partial charge in [0.25, 0.3) is 15.9 Å². The molecular formula is C21H24N4O4S. The average molecular weight is 429 g/mol. The summed E-state index contributed by atoms with van der Waals surface area (Å²) in [6.07, 6.45) is 5.21. The molecular weight excluding hydrogens is 404 g/mol. The van der Waals surface area contributed by atoms with E-state index in [1.54, 1.807) is 36.5 Å². The predicted octanol–water partition coefficient (Wildman–Crippen LogP) is 2.06. The molecule has 8 nitrogen and oxygen atoms in total. The molecule has 158 valence electrons. The van der Waals surface area contributed by atoms with Gasteiger partial charge in [0, 0.05) is 17.5 Å². The fraction of sp³-hybridized carbons (Fsp3) is 0.381. The summed E-state index contributed by atoms with van der Waals surface area (Å²) in [6.45, 7) is 2.11. The third-order valence-electron chi connectivity index (χ3n) is 5.55. The summed E-state index contributed by atoms with van der Waals surface area (Å²) in [5, 5.41) is 3.16. The van der Waals surface area contributed by atoms with Gasteiger partial charge < -0.3 is 15.8 Å². The molecule has 1 fully saturated rings. The Kier molecular flexibility index (Phi) is 5.23. The molecule has 2 aromatic rings. The van der Waals surface area contributed by atoms with Crippen LogP contribution in [0.1, 0.15) is 52.9 Å². The van der Waals surface area contributed by atoms with Crippen LogP contribution >= 0.6 is 0 Å². The highest BCUT2D eigenvalue weighted by Crippen LogP contribution is 2.33. The molecule has 2 aliphatic rings. The van der Waals surface area contributed by atoms with Crippen molar-refractivity contribution < 1.29 is 17.9 Å². The highest BCUT2D eigenvalue weighted by molar-refractivity contribution is 7.89. The quantitative estimate of drug-likeness (QED) is 0.751. The summed E-state index contributed by atoms with van der Waals surface area (Å²) >= 11 is 0. The zero-order valence-electron chi connectivity index (χ0n) is 16.7. The number of nitrogens with one attached hydrogen (secondary N) is 1. The molecule has 0 atom stereocenters. The number of pyridine rings is 1. The van der Waals surface area contributed by atoms with Gasteiger partial charge in [-0.3, -0.25) is 9.78 Å². The monoisotopic (exact) mass is 428 g/mol. The lowest BCUT2D eigenvalue weighted by molar-refractivity contribution is 0.0854. The Morgan fingerprint density at radius 3 is 2.77 bits per heavy atom. The van der Waals surface area contributed by atoms with Crippen molar-refractivity contribution in [3.63, 3.8) is 0 Å². The molecule has 1 amide bonds. The first-order valence-electron chi connectivity index (χ1n) is 9.85. The van der Waals surface area contributed by atoms with E-state index in [0.717, 1.165) is 31.4 Å². The number of hydrogen-bond acceptors (Lipinski definition) is 6. The lowest BCUT2D eigenvalue weighted by Gasteiger charge is -2.31. The van der Waals surface area contributed by atoms with Crippen LogP contribution in [0.2, 0.25) is 0 Å². The molecule has 0 spiro atoms. The smallest absolute Gasteiger partial charge is 0.259 e. The minimum Gasteiger partial charge on any atom is -0.490 e. The molecule has 0 saturated heterocycles. The summed E-state index contributed by atoms with van der Waals surface area (Å²) < 4.78 is 33.5. The first-order chi connectivity index (χ1) is 14.3. The largest absolute Gasteiger partial charge is 0.490 e. The number of nitrogens with two attached hydrogens (primary N) is 1. The van der Waals surface area contributed by atoms with Crippen LogP contribution in [0.5, 0.6) is 5.75 Å². The Hall–Kier alpha value is -2.94. The highest BCUT2D eigenvalue weighted by atomic mass is 32.2. The third-order valence-corrected chi connectivity index (χ3v) is 6.70. The Labute approximate surface area is 175 Å². The number of amidine groups is 1. The number of carbonyl (C=O) groups excluding carboxylic acids is 1. The molecule has 0 radical (unpaired) electrons. The SMILES string of the molecule is Cc1cc(C(=O)NC2(COc3cccc4c3C(N)=NS(=O)(=O)C4)CCCC2)ccn1. The number of fused-ring (bicyclic) bond motifs is 1. The number of aryl methyl sites for hydroxylation is 1. The number of benzene rings is 1. The molecule has 1 aliphatic carbocycles. The lowest BCUT2D eigenvalue weighted by Crippen LogP contribution is -2.50. The maximum absolute atomic E-state index is 12.8. The fourth-order valence-electron chi connectivity index (χ4n) is 4.11. The zero-order chi connectivity index (χ0) is 21.4. The van der Waals surface area contributed by atoms with Crippen LogP contribution in [-0.4, -0.2) is 37.3 Å². The Morgan fingerprint density at radius 2 is 2.03 bits per heavy atom. The van der Waals surface area contributed by atoms with Crippen molar-refractivity contribution in [3.05, 3.63) is 58.9 Å². The van der Waals surface area contributed by atoms with E-state index in [0.29, 0.717) is 22.4 Å². The van der Waals surface area contributed by atoms with Crippen molar-refractivity contribution in [1.29, 1.82) is 0 Å². The molecule has 1 aromatic carbocycles. The number of ether oxygens (including phenoxy) is 1. The van der Waals surface area contributed by atoms with Crippen LogP contribution in [0.25, 0.3) is 0 Å². The second kappa shape index (κ2) is 7.71. The van der Waals surface area contributed by atoms with Gasteiger partial charge in [-0.25, -0.2) is 8.42 Å². The summed E-state index contributed by atoms with van der Waals surface area (Å²) in [6, 6.07) is 8.64. The number of amides is 1. The van der Waals surface area contributed by atoms with Gasteiger partial charge in [0.1, 0.15) is 18.2 Å². The predicted molar refractivity (Wildman–Crippen MR) is 113 cm³/mol. The van der Waals surface area contributed by atoms with Gasteiger partial charge in [0.05, 0.1) is 16.9 Å². The summed E-state index contributed by atoms with van der Waals surface area (Å²) in [5.41, 5.74) is 7.85. The summed E-state index contributed by atoms with van der Waals surface area (Å²) in [4.78, 5) is 17.0. The molecule has 1 aromatic heterocycles. The average Bonchev–Trinajstić information content (AvgIpc) is 3.13. The molecule has 30 heavy (non-hydrogen) atoms. The van der Waals surface area contributed by atoms with Crippen molar-refractivity contribution in [2.24, 2.45) is 10.1 Å². The van der Waals surface area contributed by atoms with Crippen LogP contribution in [-0.2, 0) is 15.8 Å². The molecule has 0 bridgehead atoms. The maximum atomic E-state index is 12.8. The number of sulfonamides is 1. The summed E-state index contributed by atoms with van der Waals surface area (Å²) in [5.74, 6) is 0.0459. The number of rotatable bonds is 5. The van der Waals surface area contributed by atoms with Gasteiger partial charge in [-0.05, 0) is 43.5 Å². The van der Waals surface area contributed by atoms with Crippen LogP contribution < -0.4 is 15.8 Å². The van der Waals surface area contributed by atoms with Crippen molar-refractivity contribution >= 4 is 21.8 Å². The van der Waals surface area contributed by atoms with Crippen LogP contribution in [0.4, 0.5) is 0 Å². The fourth-order valence-corrected chi connectivity index (χ4v) is 5.19. The maximum Gasteiger partial charge on any atom is 0.259 e. The van der Waals surface area contributed by atoms with Gasteiger partial charge in [-0.15, -0.1) is 4.40 Å². The normalized spacial score (nSPS) is 18.9. The minimum absolute atomic E-state index is 0.0661. The standard InChI is InChI=1S/C21H24N4O4S/c1-14-11-15(7-10-23-14)20(26)24-21(8-2-3-9-21)13-29-17-6-4-5-16-12-30(27,28)25-19(22)18(16)17/h4-7,10-11H,2-3,8-9,12-13H2,1H3,(H2,22,25)(H,24,26).